The van der Waals surface area contributed by atoms with Crippen molar-refractivity contribution in [2.45, 2.75) is 33.1 Å². The number of benzene rings is 2. The molecule has 1 atom stereocenters. The minimum atomic E-state index is -3.40. The Morgan fingerprint density at radius 3 is 2.32 bits per heavy atom. The molecule has 0 aromatic heterocycles. The van der Waals surface area contributed by atoms with Crippen molar-refractivity contribution in [2.24, 2.45) is 0 Å². The third kappa shape index (κ3) is 5.32. The summed E-state index contributed by atoms with van der Waals surface area (Å²) in [5, 5.41) is 2.84. The van der Waals surface area contributed by atoms with Gasteiger partial charge in [-0.25, -0.2) is 8.42 Å². The van der Waals surface area contributed by atoms with Gasteiger partial charge in [-0.2, -0.15) is 0 Å². The Labute approximate surface area is 149 Å². The maximum atomic E-state index is 12.4. The van der Waals surface area contributed by atoms with Gasteiger partial charge in [-0.05, 0) is 54.7 Å². The molecule has 1 amide bonds. The monoisotopic (exact) mass is 360 g/mol. The van der Waals surface area contributed by atoms with E-state index in [4.69, 9.17) is 0 Å². The molecule has 0 aliphatic heterocycles. The largest absolute Gasteiger partial charge is 0.322 e. The highest BCUT2D eigenvalue weighted by atomic mass is 32.2. The highest BCUT2D eigenvalue weighted by Gasteiger charge is 2.11. The van der Waals surface area contributed by atoms with Crippen molar-refractivity contribution in [3.63, 3.8) is 0 Å². The van der Waals surface area contributed by atoms with Crippen LogP contribution in [0.4, 0.5) is 11.4 Å². The molecule has 6 heteroatoms. The van der Waals surface area contributed by atoms with E-state index in [1.165, 1.54) is 5.56 Å². The van der Waals surface area contributed by atoms with Crippen molar-refractivity contribution in [1.82, 2.24) is 0 Å². The first-order valence-corrected chi connectivity index (χ1v) is 10.1. The number of nitrogens with one attached hydrogen (secondary N) is 2. The van der Waals surface area contributed by atoms with Gasteiger partial charge in [0.25, 0.3) is 5.91 Å². The zero-order valence-electron chi connectivity index (χ0n) is 15.0. The Hall–Kier alpha value is -2.34. The van der Waals surface area contributed by atoms with E-state index in [9.17, 15) is 13.2 Å². The molecule has 0 saturated carbocycles. The Morgan fingerprint density at radius 2 is 1.76 bits per heavy atom. The first kappa shape index (κ1) is 19.0. The summed E-state index contributed by atoms with van der Waals surface area (Å²) in [4.78, 5) is 12.4. The van der Waals surface area contributed by atoms with E-state index >= 15 is 0 Å². The Bertz CT molecular complexity index is 859. The van der Waals surface area contributed by atoms with Gasteiger partial charge in [0.1, 0.15) is 0 Å². The minimum absolute atomic E-state index is 0.284. The van der Waals surface area contributed by atoms with Crippen LogP contribution < -0.4 is 10.0 Å². The first-order chi connectivity index (χ1) is 11.7. The van der Waals surface area contributed by atoms with E-state index < -0.39 is 10.0 Å². The minimum Gasteiger partial charge on any atom is -0.322 e. The van der Waals surface area contributed by atoms with Crippen LogP contribution in [0.2, 0.25) is 0 Å². The molecule has 25 heavy (non-hydrogen) atoms. The molecule has 2 aromatic carbocycles. The van der Waals surface area contributed by atoms with Crippen LogP contribution in [-0.2, 0) is 10.0 Å². The fourth-order valence-corrected chi connectivity index (χ4v) is 3.03. The van der Waals surface area contributed by atoms with Crippen LogP contribution in [0, 0.1) is 6.92 Å². The predicted octanol–water partition coefficient (Wildman–Crippen LogP) is 4.13. The van der Waals surface area contributed by atoms with Crippen LogP contribution in [0.3, 0.4) is 0 Å². The van der Waals surface area contributed by atoms with E-state index in [1.54, 1.807) is 25.1 Å². The van der Waals surface area contributed by atoms with Gasteiger partial charge in [-0.1, -0.05) is 32.0 Å². The average Bonchev–Trinajstić information content (AvgIpc) is 2.55. The predicted molar refractivity (Wildman–Crippen MR) is 103 cm³/mol. The average molecular weight is 360 g/mol. The molecule has 0 bridgehead atoms. The van der Waals surface area contributed by atoms with Crippen LogP contribution in [-0.4, -0.2) is 20.6 Å². The standard InChI is InChI=1S/C19H24N2O3S/c1-5-13(2)15-8-10-17(11-9-15)20-19(22)16-7-6-14(3)18(12-16)21-25(4,23)24/h6-13,21H,5H2,1-4H3,(H,20,22). The molecule has 134 valence electrons. The van der Waals surface area contributed by atoms with Gasteiger partial charge in [0, 0.05) is 11.3 Å². The molecule has 0 spiro atoms. The zero-order valence-corrected chi connectivity index (χ0v) is 15.8. The first-order valence-electron chi connectivity index (χ1n) is 8.19. The Kier molecular flexibility index (Phi) is 5.85. The lowest BCUT2D eigenvalue weighted by atomic mass is 9.98. The normalized spacial score (nSPS) is 12.5. The number of aryl methyl sites for hydroxylation is 1. The van der Waals surface area contributed by atoms with Crippen molar-refractivity contribution in [3.8, 4) is 0 Å². The zero-order chi connectivity index (χ0) is 18.6. The van der Waals surface area contributed by atoms with Crippen LogP contribution >= 0.6 is 0 Å². The molecule has 2 N–H and O–H groups in total. The Balaban J connectivity index is 2.17. The summed E-state index contributed by atoms with van der Waals surface area (Å²) in [6.45, 7) is 6.08. The van der Waals surface area contributed by atoms with Gasteiger partial charge < -0.3 is 5.32 Å². The van der Waals surface area contributed by atoms with Gasteiger partial charge in [0.15, 0.2) is 0 Å². The second-order valence-electron chi connectivity index (χ2n) is 6.29. The second kappa shape index (κ2) is 7.70. The summed E-state index contributed by atoms with van der Waals surface area (Å²) >= 11 is 0. The number of hydrogen-bond donors (Lipinski definition) is 2. The van der Waals surface area contributed by atoms with Crippen molar-refractivity contribution in [2.75, 3.05) is 16.3 Å². The summed E-state index contributed by atoms with van der Waals surface area (Å²) < 4.78 is 25.3. The molecule has 2 rings (SSSR count). The van der Waals surface area contributed by atoms with Gasteiger partial charge in [-0.3, -0.25) is 9.52 Å². The summed E-state index contributed by atoms with van der Waals surface area (Å²) in [6.07, 6.45) is 2.14. The number of carbonyl (C=O) groups excluding carboxylic acids is 1. The quantitative estimate of drug-likeness (QED) is 0.813. The maximum absolute atomic E-state index is 12.4. The van der Waals surface area contributed by atoms with Crippen molar-refractivity contribution in [3.05, 3.63) is 59.2 Å². The lowest BCUT2D eigenvalue weighted by Gasteiger charge is -2.12. The topological polar surface area (TPSA) is 75.3 Å². The van der Waals surface area contributed by atoms with Crippen LogP contribution in [0.25, 0.3) is 0 Å². The summed E-state index contributed by atoms with van der Waals surface area (Å²) in [7, 11) is -3.40. The number of rotatable bonds is 6. The van der Waals surface area contributed by atoms with Crippen molar-refractivity contribution < 1.29 is 13.2 Å². The molecule has 0 aliphatic carbocycles. The van der Waals surface area contributed by atoms with E-state index in [0.717, 1.165) is 18.2 Å². The van der Waals surface area contributed by atoms with Gasteiger partial charge in [-0.15, -0.1) is 0 Å². The highest BCUT2D eigenvalue weighted by molar-refractivity contribution is 7.92. The van der Waals surface area contributed by atoms with Gasteiger partial charge in [0.05, 0.1) is 11.9 Å². The fraction of sp³-hybridized carbons (Fsp3) is 0.316. The third-order valence-electron chi connectivity index (χ3n) is 4.15. The molecule has 1 unspecified atom stereocenters. The van der Waals surface area contributed by atoms with Crippen LogP contribution in [0.15, 0.2) is 42.5 Å². The summed E-state index contributed by atoms with van der Waals surface area (Å²) in [5.74, 6) is 0.194. The molecular weight excluding hydrogens is 336 g/mol. The molecule has 0 fully saturated rings. The maximum Gasteiger partial charge on any atom is 0.255 e. The van der Waals surface area contributed by atoms with Gasteiger partial charge in [0.2, 0.25) is 10.0 Å². The molecule has 0 saturated heterocycles. The smallest absolute Gasteiger partial charge is 0.255 e. The number of anilines is 2. The molecular formula is C19H24N2O3S. The number of hydrogen-bond acceptors (Lipinski definition) is 3. The lowest BCUT2D eigenvalue weighted by molar-refractivity contribution is 0.102. The third-order valence-corrected chi connectivity index (χ3v) is 4.74. The summed E-state index contributed by atoms with van der Waals surface area (Å²) in [6, 6.07) is 12.7. The number of carbonyl (C=O) groups is 1. The summed E-state index contributed by atoms with van der Waals surface area (Å²) in [5.41, 5.74) is 3.48. The van der Waals surface area contributed by atoms with Crippen LogP contribution in [0.5, 0.6) is 0 Å². The SMILES string of the molecule is CCC(C)c1ccc(NC(=O)c2ccc(C)c(NS(C)(=O)=O)c2)cc1. The molecule has 5 nitrogen and oxygen atoms in total. The molecule has 0 heterocycles. The van der Waals surface area contributed by atoms with Crippen LogP contribution in [0.1, 0.15) is 47.7 Å². The number of sulfonamides is 1. The van der Waals surface area contributed by atoms with E-state index in [0.29, 0.717) is 22.9 Å². The van der Waals surface area contributed by atoms with Crippen molar-refractivity contribution in [1.29, 1.82) is 0 Å². The van der Waals surface area contributed by atoms with E-state index in [2.05, 4.69) is 23.9 Å². The second-order valence-corrected chi connectivity index (χ2v) is 8.04. The van der Waals surface area contributed by atoms with Gasteiger partial charge >= 0.3 is 0 Å². The van der Waals surface area contributed by atoms with Crippen molar-refractivity contribution >= 4 is 27.3 Å². The number of amides is 1. The van der Waals surface area contributed by atoms with E-state index in [-0.39, 0.29) is 5.91 Å². The fourth-order valence-electron chi connectivity index (χ4n) is 2.41. The Morgan fingerprint density at radius 1 is 1.12 bits per heavy atom. The molecule has 2 aromatic rings. The highest BCUT2D eigenvalue weighted by Crippen LogP contribution is 2.22. The lowest BCUT2D eigenvalue weighted by Crippen LogP contribution is -2.14. The molecule has 0 aliphatic rings. The molecule has 0 radical (unpaired) electrons. The van der Waals surface area contributed by atoms with E-state index in [1.807, 2.05) is 24.3 Å².